The molecule has 2 aromatic rings. The molecule has 0 amide bonds. The third-order valence-corrected chi connectivity index (χ3v) is 7.59. The minimum Gasteiger partial charge on any atom is -0.383 e. The highest BCUT2D eigenvalue weighted by atomic mass is 35.5. The van der Waals surface area contributed by atoms with Crippen molar-refractivity contribution in [2.24, 2.45) is 11.3 Å². The molecule has 0 radical (unpaired) electrons. The molecule has 2 fully saturated rings. The van der Waals surface area contributed by atoms with Crippen molar-refractivity contribution in [3.63, 3.8) is 0 Å². The molecule has 0 spiro atoms. The van der Waals surface area contributed by atoms with Crippen LogP contribution >= 0.6 is 11.6 Å². The molecule has 1 saturated carbocycles. The molecule has 1 aliphatic carbocycles. The summed E-state index contributed by atoms with van der Waals surface area (Å²) in [4.78, 5) is 9.31. The van der Waals surface area contributed by atoms with Crippen LogP contribution in [0, 0.1) is 22.7 Å². The monoisotopic (exact) mass is 512 g/mol. The first-order valence-electron chi connectivity index (χ1n) is 12.9. The summed E-state index contributed by atoms with van der Waals surface area (Å²) < 4.78 is 10.5. The van der Waals surface area contributed by atoms with Crippen molar-refractivity contribution in [2.45, 2.75) is 44.6 Å². The lowest BCUT2D eigenvalue weighted by molar-refractivity contribution is 0.0455. The normalized spacial score (nSPS) is 21.5. The third-order valence-electron chi connectivity index (χ3n) is 7.29. The van der Waals surface area contributed by atoms with Crippen LogP contribution in [0.2, 0.25) is 5.02 Å². The van der Waals surface area contributed by atoms with Crippen LogP contribution in [0.5, 0.6) is 0 Å². The molecule has 0 unspecified atom stereocenters. The fourth-order valence-electron chi connectivity index (χ4n) is 4.95. The van der Waals surface area contributed by atoms with E-state index in [9.17, 15) is 5.26 Å². The number of halogens is 1. The Labute approximate surface area is 219 Å². The van der Waals surface area contributed by atoms with Crippen LogP contribution in [0.3, 0.4) is 0 Å². The maximum absolute atomic E-state index is 9.72. The van der Waals surface area contributed by atoms with Crippen molar-refractivity contribution in [1.82, 2.24) is 15.3 Å². The number of hydrogen-bond acceptors (Lipinski definition) is 8. The summed E-state index contributed by atoms with van der Waals surface area (Å²) in [5, 5.41) is 20.7. The Kier molecular flexibility index (Phi) is 9.76. The summed E-state index contributed by atoms with van der Waals surface area (Å²) in [5.41, 5.74) is 1.20. The number of hydrogen-bond donors (Lipinski definition) is 3. The van der Waals surface area contributed by atoms with Crippen molar-refractivity contribution in [1.29, 1.82) is 5.26 Å². The number of ether oxygens (including phenoxy) is 2. The van der Waals surface area contributed by atoms with Crippen LogP contribution in [0.1, 0.15) is 38.5 Å². The Morgan fingerprint density at radius 3 is 2.75 bits per heavy atom. The number of methoxy groups -OCH3 is 1. The molecule has 8 nitrogen and oxygen atoms in total. The quantitative estimate of drug-likeness (QED) is 0.371. The van der Waals surface area contributed by atoms with E-state index in [0.717, 1.165) is 74.2 Å². The molecule has 1 aliphatic heterocycles. The number of pyridine rings is 2. The van der Waals surface area contributed by atoms with Crippen molar-refractivity contribution in [3.05, 3.63) is 35.5 Å². The number of aromatic nitrogens is 2. The fraction of sp³-hybridized carbons (Fsp3) is 0.593. The van der Waals surface area contributed by atoms with Crippen LogP contribution < -0.4 is 16.0 Å². The van der Waals surface area contributed by atoms with Crippen LogP contribution in [-0.2, 0) is 9.47 Å². The maximum atomic E-state index is 9.72. The molecule has 1 saturated heterocycles. The standard InChI is InChI=1S/C27H37ClN6O2/c1-35-14-11-30-16-20-5-7-21(8-6-20)33-26-15-22(23(28)17-31-26)24-3-2-4-25(34-24)32-19-27(18-29)9-12-36-13-10-27/h2-4,15,17,20-21,30H,5-14,16,19H2,1H3,(H,31,33)(H,32,34). The van der Waals surface area contributed by atoms with Gasteiger partial charge in [-0.05, 0) is 69.2 Å². The van der Waals surface area contributed by atoms with E-state index in [-0.39, 0.29) is 0 Å². The predicted octanol–water partition coefficient (Wildman–Crippen LogP) is 4.74. The number of nitrogens with zero attached hydrogens (tertiary/aromatic N) is 3. The van der Waals surface area contributed by atoms with Crippen LogP contribution in [0.4, 0.5) is 11.6 Å². The summed E-state index contributed by atoms with van der Waals surface area (Å²) >= 11 is 6.54. The highest BCUT2D eigenvalue weighted by Crippen LogP contribution is 2.32. The largest absolute Gasteiger partial charge is 0.383 e. The molecule has 4 rings (SSSR count). The first-order chi connectivity index (χ1) is 17.6. The Morgan fingerprint density at radius 2 is 2.00 bits per heavy atom. The first-order valence-corrected chi connectivity index (χ1v) is 13.3. The average Bonchev–Trinajstić information content (AvgIpc) is 2.92. The summed E-state index contributed by atoms with van der Waals surface area (Å²) in [6.07, 6.45) is 7.80. The van der Waals surface area contributed by atoms with Gasteiger partial charge in [0.05, 0.1) is 28.8 Å². The SMILES string of the molecule is COCCNCC1CCC(Nc2cc(-c3cccc(NCC4(C#N)CCOCC4)n3)c(Cl)cn2)CC1. The molecule has 3 heterocycles. The molecule has 194 valence electrons. The van der Waals surface area contributed by atoms with Crippen molar-refractivity contribution in [2.75, 3.05) is 57.2 Å². The highest BCUT2D eigenvalue weighted by molar-refractivity contribution is 6.33. The Morgan fingerprint density at radius 1 is 1.19 bits per heavy atom. The molecule has 0 bridgehead atoms. The van der Waals surface area contributed by atoms with Gasteiger partial charge in [-0.15, -0.1) is 0 Å². The van der Waals surface area contributed by atoms with Gasteiger partial charge in [0.25, 0.3) is 0 Å². The summed E-state index contributed by atoms with van der Waals surface area (Å²) in [5.74, 6) is 2.27. The molecular weight excluding hydrogens is 476 g/mol. The zero-order chi connectivity index (χ0) is 25.2. The van der Waals surface area contributed by atoms with E-state index in [1.54, 1.807) is 13.3 Å². The number of rotatable bonds is 11. The maximum Gasteiger partial charge on any atom is 0.126 e. The Bertz CT molecular complexity index is 1020. The molecular formula is C27H37ClN6O2. The topological polar surface area (TPSA) is 104 Å². The predicted molar refractivity (Wildman–Crippen MR) is 143 cm³/mol. The van der Waals surface area contributed by atoms with Gasteiger partial charge in [0.2, 0.25) is 0 Å². The van der Waals surface area contributed by atoms with E-state index in [1.165, 1.54) is 12.8 Å². The van der Waals surface area contributed by atoms with Crippen molar-refractivity contribution < 1.29 is 9.47 Å². The molecule has 2 aromatic heterocycles. The second-order valence-electron chi connectivity index (χ2n) is 9.87. The van der Waals surface area contributed by atoms with Crippen molar-refractivity contribution >= 4 is 23.2 Å². The van der Waals surface area contributed by atoms with Crippen LogP contribution in [0.25, 0.3) is 11.3 Å². The van der Waals surface area contributed by atoms with Gasteiger partial charge >= 0.3 is 0 Å². The minimum absolute atomic E-state index is 0.407. The zero-order valence-electron chi connectivity index (χ0n) is 21.1. The van der Waals surface area contributed by atoms with Gasteiger partial charge in [0.1, 0.15) is 11.6 Å². The van der Waals surface area contributed by atoms with Gasteiger partial charge in [-0.3, -0.25) is 0 Å². The second-order valence-corrected chi connectivity index (χ2v) is 10.3. The third kappa shape index (κ3) is 7.30. The fourth-order valence-corrected chi connectivity index (χ4v) is 5.15. The van der Waals surface area contributed by atoms with E-state index in [2.05, 4.69) is 27.0 Å². The van der Waals surface area contributed by atoms with Crippen LogP contribution in [0.15, 0.2) is 30.5 Å². The van der Waals surface area contributed by atoms with Gasteiger partial charge in [0.15, 0.2) is 0 Å². The van der Waals surface area contributed by atoms with E-state index < -0.39 is 5.41 Å². The average molecular weight is 513 g/mol. The molecule has 0 aromatic carbocycles. The molecule has 3 N–H and O–H groups in total. The molecule has 36 heavy (non-hydrogen) atoms. The van der Waals surface area contributed by atoms with E-state index in [4.69, 9.17) is 26.1 Å². The summed E-state index contributed by atoms with van der Waals surface area (Å²) in [6.45, 7) is 4.51. The molecule has 9 heteroatoms. The first kappa shape index (κ1) is 26.6. The number of nitrogens with one attached hydrogen (secondary N) is 3. The van der Waals surface area contributed by atoms with Gasteiger partial charge in [0, 0.05) is 51.2 Å². The Hall–Kier alpha value is -2.44. The summed E-state index contributed by atoms with van der Waals surface area (Å²) in [6, 6.07) is 10.7. The van der Waals surface area contributed by atoms with Gasteiger partial charge < -0.3 is 25.4 Å². The Balaban J connectivity index is 1.35. The number of anilines is 2. The number of nitriles is 1. The van der Waals surface area contributed by atoms with Crippen LogP contribution in [-0.4, -0.2) is 62.6 Å². The van der Waals surface area contributed by atoms with Gasteiger partial charge in [-0.25, -0.2) is 9.97 Å². The van der Waals surface area contributed by atoms with Gasteiger partial charge in [-0.2, -0.15) is 5.26 Å². The smallest absolute Gasteiger partial charge is 0.126 e. The van der Waals surface area contributed by atoms with Gasteiger partial charge in [-0.1, -0.05) is 17.7 Å². The van der Waals surface area contributed by atoms with E-state index in [0.29, 0.717) is 30.8 Å². The highest BCUT2D eigenvalue weighted by Gasteiger charge is 2.32. The lowest BCUT2D eigenvalue weighted by Gasteiger charge is -2.30. The zero-order valence-corrected chi connectivity index (χ0v) is 21.8. The molecule has 0 atom stereocenters. The van der Waals surface area contributed by atoms with E-state index >= 15 is 0 Å². The van der Waals surface area contributed by atoms with Crippen molar-refractivity contribution in [3.8, 4) is 17.3 Å². The van der Waals surface area contributed by atoms with E-state index in [1.807, 2.05) is 24.3 Å². The summed E-state index contributed by atoms with van der Waals surface area (Å²) in [7, 11) is 1.73. The lowest BCUT2D eigenvalue weighted by Crippen LogP contribution is -2.34. The molecule has 2 aliphatic rings. The lowest BCUT2D eigenvalue weighted by atomic mass is 9.82. The second kappa shape index (κ2) is 13.2. The minimum atomic E-state index is -0.416.